The van der Waals surface area contributed by atoms with E-state index >= 15 is 0 Å². The van der Waals surface area contributed by atoms with E-state index in [1.165, 1.54) is 10.4 Å². The van der Waals surface area contributed by atoms with E-state index in [2.05, 4.69) is 24.0 Å². The second-order valence-corrected chi connectivity index (χ2v) is 7.39. The Morgan fingerprint density at radius 3 is 3.10 bits per heavy atom. The number of thioether (sulfide) groups is 1. The van der Waals surface area contributed by atoms with Crippen LogP contribution in [0.25, 0.3) is 15.9 Å². The molecule has 20 heavy (non-hydrogen) atoms. The quantitative estimate of drug-likeness (QED) is 0.511. The highest BCUT2D eigenvalue weighted by molar-refractivity contribution is 7.98. The van der Waals surface area contributed by atoms with Gasteiger partial charge in [-0.2, -0.15) is 0 Å². The van der Waals surface area contributed by atoms with E-state index < -0.39 is 0 Å². The molecule has 0 spiro atoms. The van der Waals surface area contributed by atoms with Crippen molar-refractivity contribution in [3.8, 4) is 0 Å². The highest BCUT2D eigenvalue weighted by atomic mass is 32.2. The molecule has 0 bridgehead atoms. The van der Waals surface area contributed by atoms with Crippen LogP contribution in [0, 0.1) is 0 Å². The Hall–Kier alpha value is -1.18. The van der Waals surface area contributed by atoms with Crippen molar-refractivity contribution < 1.29 is 4.74 Å². The van der Waals surface area contributed by atoms with E-state index in [4.69, 9.17) is 9.72 Å². The highest BCUT2D eigenvalue weighted by Gasteiger charge is 2.31. The first-order chi connectivity index (χ1) is 9.59. The summed E-state index contributed by atoms with van der Waals surface area (Å²) in [6.45, 7) is 4.92. The molecule has 0 amide bonds. The first kappa shape index (κ1) is 12.6. The van der Waals surface area contributed by atoms with Crippen LogP contribution in [0.3, 0.4) is 0 Å². The lowest BCUT2D eigenvalue weighted by Gasteiger charge is -2.30. The molecule has 1 aliphatic rings. The summed E-state index contributed by atoms with van der Waals surface area (Å²) in [5.74, 6) is 0. The van der Waals surface area contributed by atoms with Crippen molar-refractivity contribution in [2.45, 2.75) is 37.6 Å². The SMILES string of the molecule is CSc1nc2sc3c(c2c2nncn12)CC(C)(C)OC3. The molecule has 4 rings (SSSR count). The average Bonchev–Trinajstić information content (AvgIpc) is 2.99. The van der Waals surface area contributed by atoms with Gasteiger partial charge in [-0.15, -0.1) is 21.5 Å². The molecule has 1 aliphatic heterocycles. The number of fused-ring (bicyclic) bond motifs is 5. The predicted molar refractivity (Wildman–Crippen MR) is 80.5 cm³/mol. The molecule has 0 atom stereocenters. The van der Waals surface area contributed by atoms with E-state index in [9.17, 15) is 0 Å². The van der Waals surface area contributed by atoms with E-state index in [-0.39, 0.29) is 5.60 Å². The summed E-state index contributed by atoms with van der Waals surface area (Å²) in [6, 6.07) is 0. The second kappa shape index (κ2) is 4.16. The second-order valence-electron chi connectivity index (χ2n) is 5.53. The summed E-state index contributed by atoms with van der Waals surface area (Å²) in [7, 11) is 0. The van der Waals surface area contributed by atoms with Crippen molar-refractivity contribution in [3.63, 3.8) is 0 Å². The number of ether oxygens (including phenoxy) is 1. The summed E-state index contributed by atoms with van der Waals surface area (Å²) in [5.41, 5.74) is 2.12. The number of aromatic nitrogens is 4. The molecule has 3 aromatic heterocycles. The first-order valence-corrected chi connectivity index (χ1v) is 8.45. The Bertz CT molecular complexity index is 821. The van der Waals surface area contributed by atoms with E-state index in [0.29, 0.717) is 6.61 Å². The van der Waals surface area contributed by atoms with Crippen LogP contribution in [0.5, 0.6) is 0 Å². The summed E-state index contributed by atoms with van der Waals surface area (Å²) >= 11 is 3.33. The van der Waals surface area contributed by atoms with Crippen LogP contribution >= 0.6 is 23.1 Å². The molecule has 0 aromatic carbocycles. The number of nitrogens with zero attached hydrogens (tertiary/aromatic N) is 4. The maximum absolute atomic E-state index is 5.91. The van der Waals surface area contributed by atoms with Crippen LogP contribution in [0.15, 0.2) is 11.5 Å². The maximum Gasteiger partial charge on any atom is 0.176 e. The van der Waals surface area contributed by atoms with Crippen LogP contribution in [0.2, 0.25) is 0 Å². The zero-order valence-corrected chi connectivity index (χ0v) is 13.1. The normalized spacial score (nSPS) is 17.8. The zero-order chi connectivity index (χ0) is 13.9. The van der Waals surface area contributed by atoms with Crippen LogP contribution in [0.4, 0.5) is 0 Å². The van der Waals surface area contributed by atoms with Gasteiger partial charge in [-0.05, 0) is 25.7 Å². The fraction of sp³-hybridized carbons (Fsp3) is 0.462. The Labute approximate surface area is 124 Å². The third kappa shape index (κ3) is 1.70. The fourth-order valence-electron chi connectivity index (χ4n) is 2.68. The number of thiophene rings is 1. The van der Waals surface area contributed by atoms with Crippen LogP contribution in [-0.4, -0.2) is 31.4 Å². The van der Waals surface area contributed by atoms with Crippen molar-refractivity contribution in [2.24, 2.45) is 0 Å². The highest BCUT2D eigenvalue weighted by Crippen LogP contribution is 2.40. The van der Waals surface area contributed by atoms with Gasteiger partial charge < -0.3 is 4.74 Å². The summed E-state index contributed by atoms with van der Waals surface area (Å²) in [5, 5.41) is 10.4. The molecule has 0 aliphatic carbocycles. The Morgan fingerprint density at radius 2 is 2.30 bits per heavy atom. The standard InChI is InChI=1S/C13H14N4OS2/c1-13(2)4-7-8(5-18-13)20-11-9(7)10-16-14-6-17(10)12(15-11)19-3/h6H,4-5H2,1-3H3. The summed E-state index contributed by atoms with van der Waals surface area (Å²) in [4.78, 5) is 7.07. The van der Waals surface area contributed by atoms with Crippen molar-refractivity contribution in [1.82, 2.24) is 19.6 Å². The molecule has 3 aromatic rings. The van der Waals surface area contributed by atoms with E-state index in [1.807, 2.05) is 10.7 Å². The molecule has 0 radical (unpaired) electrons. The molecule has 0 fully saturated rings. The number of rotatable bonds is 1. The largest absolute Gasteiger partial charge is 0.370 e. The lowest BCUT2D eigenvalue weighted by Crippen LogP contribution is -2.31. The van der Waals surface area contributed by atoms with Crippen molar-refractivity contribution in [1.29, 1.82) is 0 Å². The van der Waals surface area contributed by atoms with Crippen LogP contribution < -0.4 is 0 Å². The summed E-state index contributed by atoms with van der Waals surface area (Å²) in [6.07, 6.45) is 4.65. The van der Waals surface area contributed by atoms with E-state index in [1.54, 1.807) is 29.4 Å². The molecule has 0 unspecified atom stereocenters. The third-order valence-electron chi connectivity index (χ3n) is 3.63. The zero-order valence-electron chi connectivity index (χ0n) is 11.5. The van der Waals surface area contributed by atoms with Gasteiger partial charge in [-0.3, -0.25) is 4.40 Å². The number of hydrogen-bond acceptors (Lipinski definition) is 6. The molecule has 7 heteroatoms. The minimum absolute atomic E-state index is 0.129. The molecule has 4 heterocycles. The smallest absolute Gasteiger partial charge is 0.176 e. The Morgan fingerprint density at radius 1 is 1.45 bits per heavy atom. The monoisotopic (exact) mass is 306 g/mol. The third-order valence-corrected chi connectivity index (χ3v) is 5.38. The van der Waals surface area contributed by atoms with Crippen molar-refractivity contribution in [3.05, 3.63) is 16.8 Å². The fourth-order valence-corrected chi connectivity index (χ4v) is 4.35. The van der Waals surface area contributed by atoms with Gasteiger partial charge in [0.05, 0.1) is 17.6 Å². The van der Waals surface area contributed by atoms with Crippen LogP contribution in [-0.2, 0) is 17.8 Å². The first-order valence-electron chi connectivity index (χ1n) is 6.41. The van der Waals surface area contributed by atoms with Gasteiger partial charge in [0, 0.05) is 11.3 Å². The average molecular weight is 306 g/mol. The van der Waals surface area contributed by atoms with Gasteiger partial charge in [-0.1, -0.05) is 11.8 Å². The summed E-state index contributed by atoms with van der Waals surface area (Å²) < 4.78 is 7.88. The van der Waals surface area contributed by atoms with Crippen molar-refractivity contribution in [2.75, 3.05) is 6.26 Å². The molecule has 0 saturated heterocycles. The van der Waals surface area contributed by atoms with E-state index in [0.717, 1.165) is 27.4 Å². The number of hydrogen-bond donors (Lipinski definition) is 0. The molecule has 0 saturated carbocycles. The van der Waals surface area contributed by atoms with Gasteiger partial charge in [-0.25, -0.2) is 4.98 Å². The van der Waals surface area contributed by atoms with Gasteiger partial charge >= 0.3 is 0 Å². The molecular weight excluding hydrogens is 292 g/mol. The van der Waals surface area contributed by atoms with Crippen LogP contribution in [0.1, 0.15) is 24.3 Å². The minimum Gasteiger partial charge on any atom is -0.370 e. The molecule has 5 nitrogen and oxygen atoms in total. The lowest BCUT2D eigenvalue weighted by molar-refractivity contribution is -0.0379. The molecule has 0 N–H and O–H groups in total. The van der Waals surface area contributed by atoms with Gasteiger partial charge in [0.25, 0.3) is 0 Å². The molecular formula is C13H14N4OS2. The topological polar surface area (TPSA) is 52.3 Å². The minimum atomic E-state index is -0.129. The van der Waals surface area contributed by atoms with Crippen molar-refractivity contribution >= 4 is 39.0 Å². The van der Waals surface area contributed by atoms with Gasteiger partial charge in [0.15, 0.2) is 10.8 Å². The Kier molecular flexibility index (Phi) is 2.61. The van der Waals surface area contributed by atoms with Gasteiger partial charge in [0.1, 0.15) is 11.2 Å². The predicted octanol–water partition coefficient (Wildman–Crippen LogP) is 2.91. The van der Waals surface area contributed by atoms with Gasteiger partial charge in [0.2, 0.25) is 0 Å². The Balaban J connectivity index is 2.09. The molecule has 104 valence electrons. The maximum atomic E-state index is 5.91. The lowest BCUT2D eigenvalue weighted by atomic mass is 9.94.